The molecule has 1 heterocycles. The summed E-state index contributed by atoms with van der Waals surface area (Å²) in [4.78, 5) is 27.4. The summed E-state index contributed by atoms with van der Waals surface area (Å²) in [5.41, 5.74) is 3.17. The van der Waals surface area contributed by atoms with E-state index in [9.17, 15) is 14.0 Å². The molecule has 2 N–H and O–H groups in total. The van der Waals surface area contributed by atoms with E-state index in [0.717, 1.165) is 11.1 Å². The number of ketones is 1. The van der Waals surface area contributed by atoms with E-state index in [1.807, 2.05) is 32.0 Å². The van der Waals surface area contributed by atoms with Crippen molar-refractivity contribution in [2.45, 2.75) is 13.8 Å². The third kappa shape index (κ3) is 2.85. The maximum absolute atomic E-state index is 13.2. The fraction of sp³-hybridized carbons (Fsp3) is 0.111. The summed E-state index contributed by atoms with van der Waals surface area (Å²) in [6, 6.07) is 9.65. The van der Waals surface area contributed by atoms with Gasteiger partial charge >= 0.3 is 0 Å². The normalized spacial score (nSPS) is 10.7. The number of aromatic amines is 1. The van der Waals surface area contributed by atoms with Gasteiger partial charge < -0.3 is 10.3 Å². The van der Waals surface area contributed by atoms with Crippen LogP contribution in [0.3, 0.4) is 0 Å². The second-order valence-electron chi connectivity index (χ2n) is 5.49. The molecule has 0 spiro atoms. The number of halogens is 1. The van der Waals surface area contributed by atoms with Gasteiger partial charge in [0.2, 0.25) is 0 Å². The van der Waals surface area contributed by atoms with Crippen molar-refractivity contribution in [1.29, 1.82) is 0 Å². The molecule has 0 aliphatic rings. The summed E-state index contributed by atoms with van der Waals surface area (Å²) in [6.07, 6.45) is 1.43. The zero-order valence-corrected chi connectivity index (χ0v) is 12.7. The fourth-order valence-electron chi connectivity index (χ4n) is 2.46. The van der Waals surface area contributed by atoms with Crippen molar-refractivity contribution in [2.75, 3.05) is 5.32 Å². The van der Waals surface area contributed by atoms with Crippen molar-refractivity contribution in [3.63, 3.8) is 0 Å². The molecule has 3 rings (SSSR count). The lowest BCUT2D eigenvalue weighted by molar-refractivity contribution is -0.112. The Labute approximate surface area is 132 Å². The third-order valence-corrected chi connectivity index (χ3v) is 3.74. The lowest BCUT2D eigenvalue weighted by Gasteiger charge is -2.08. The number of amides is 1. The highest BCUT2D eigenvalue weighted by atomic mass is 19.1. The summed E-state index contributed by atoms with van der Waals surface area (Å²) in [5.74, 6) is -1.79. The van der Waals surface area contributed by atoms with Crippen molar-refractivity contribution in [3.05, 3.63) is 65.1 Å². The molecule has 0 radical (unpaired) electrons. The average molecular weight is 310 g/mol. The maximum atomic E-state index is 13.2. The first-order valence-electron chi connectivity index (χ1n) is 7.15. The molecule has 0 bridgehead atoms. The number of fused-ring (bicyclic) bond motifs is 1. The monoisotopic (exact) mass is 310 g/mol. The zero-order valence-electron chi connectivity index (χ0n) is 12.7. The molecule has 0 aliphatic heterocycles. The van der Waals surface area contributed by atoms with Gasteiger partial charge in [0.1, 0.15) is 5.82 Å². The SMILES string of the molecule is Cc1ccc(C)c(NC(=O)C(=O)c2c[nH]c3cc(F)ccc23)c1. The van der Waals surface area contributed by atoms with Gasteiger partial charge in [-0.1, -0.05) is 12.1 Å². The smallest absolute Gasteiger partial charge is 0.296 e. The number of carbonyl (C=O) groups excluding carboxylic acids is 2. The topological polar surface area (TPSA) is 62.0 Å². The van der Waals surface area contributed by atoms with Crippen LogP contribution in [-0.2, 0) is 4.79 Å². The Morgan fingerprint density at radius 2 is 1.87 bits per heavy atom. The van der Waals surface area contributed by atoms with E-state index in [1.165, 1.54) is 24.4 Å². The quantitative estimate of drug-likeness (QED) is 0.572. The molecular formula is C18H15FN2O2. The molecule has 0 fully saturated rings. The third-order valence-electron chi connectivity index (χ3n) is 3.74. The van der Waals surface area contributed by atoms with Crippen LogP contribution in [0.15, 0.2) is 42.6 Å². The lowest BCUT2D eigenvalue weighted by Crippen LogP contribution is -2.23. The Kier molecular flexibility index (Phi) is 3.70. The lowest BCUT2D eigenvalue weighted by atomic mass is 10.1. The van der Waals surface area contributed by atoms with Crippen molar-refractivity contribution in [2.24, 2.45) is 0 Å². The second kappa shape index (κ2) is 5.68. The van der Waals surface area contributed by atoms with Crippen LogP contribution in [0.2, 0.25) is 0 Å². The van der Waals surface area contributed by atoms with Crippen LogP contribution in [0.1, 0.15) is 21.5 Å². The molecule has 3 aromatic rings. The number of aryl methyl sites for hydroxylation is 2. The summed E-state index contributed by atoms with van der Waals surface area (Å²) in [5, 5.41) is 3.16. The highest BCUT2D eigenvalue weighted by Gasteiger charge is 2.20. The Bertz CT molecular complexity index is 928. The number of rotatable bonds is 3. The number of hydrogen-bond acceptors (Lipinski definition) is 2. The molecule has 0 saturated heterocycles. The highest BCUT2D eigenvalue weighted by molar-refractivity contribution is 6.48. The Hall–Kier alpha value is -2.95. The first kappa shape index (κ1) is 15.0. The van der Waals surface area contributed by atoms with Crippen LogP contribution in [0.25, 0.3) is 10.9 Å². The van der Waals surface area contributed by atoms with Crippen molar-refractivity contribution >= 4 is 28.3 Å². The van der Waals surface area contributed by atoms with E-state index in [4.69, 9.17) is 0 Å². The van der Waals surface area contributed by atoms with E-state index in [2.05, 4.69) is 10.3 Å². The fourth-order valence-corrected chi connectivity index (χ4v) is 2.46. The average Bonchev–Trinajstić information content (AvgIpc) is 2.93. The Morgan fingerprint density at radius 1 is 1.09 bits per heavy atom. The van der Waals surface area contributed by atoms with E-state index >= 15 is 0 Å². The van der Waals surface area contributed by atoms with Gasteiger partial charge in [0, 0.05) is 22.8 Å². The van der Waals surface area contributed by atoms with Gasteiger partial charge in [0.15, 0.2) is 0 Å². The van der Waals surface area contributed by atoms with Gasteiger partial charge in [-0.25, -0.2) is 4.39 Å². The predicted octanol–water partition coefficient (Wildman–Crippen LogP) is 3.75. The maximum Gasteiger partial charge on any atom is 0.296 e. The highest BCUT2D eigenvalue weighted by Crippen LogP contribution is 2.21. The molecule has 1 amide bonds. The molecule has 5 heteroatoms. The van der Waals surface area contributed by atoms with Gasteiger partial charge in [0.05, 0.1) is 5.56 Å². The van der Waals surface area contributed by atoms with Crippen LogP contribution in [0, 0.1) is 19.7 Å². The van der Waals surface area contributed by atoms with Crippen molar-refractivity contribution < 1.29 is 14.0 Å². The van der Waals surface area contributed by atoms with E-state index in [0.29, 0.717) is 16.6 Å². The predicted molar refractivity (Wildman–Crippen MR) is 87.1 cm³/mol. The minimum atomic E-state index is -0.719. The van der Waals surface area contributed by atoms with Crippen molar-refractivity contribution in [1.82, 2.24) is 4.98 Å². The minimum absolute atomic E-state index is 0.225. The van der Waals surface area contributed by atoms with E-state index in [1.54, 1.807) is 0 Å². The van der Waals surface area contributed by atoms with Gasteiger partial charge in [-0.2, -0.15) is 0 Å². The van der Waals surface area contributed by atoms with E-state index < -0.39 is 17.5 Å². The summed E-state index contributed by atoms with van der Waals surface area (Å²) in [6.45, 7) is 3.76. The first-order valence-corrected chi connectivity index (χ1v) is 7.15. The first-order chi connectivity index (χ1) is 11.0. The molecule has 23 heavy (non-hydrogen) atoms. The Morgan fingerprint density at radius 3 is 2.65 bits per heavy atom. The summed E-state index contributed by atoms with van der Waals surface area (Å²) >= 11 is 0. The number of hydrogen-bond donors (Lipinski definition) is 2. The molecular weight excluding hydrogens is 295 g/mol. The number of anilines is 1. The van der Waals surface area contributed by atoms with Gasteiger partial charge in [-0.05, 0) is 49.2 Å². The molecule has 1 aromatic heterocycles. The number of H-pyrrole nitrogens is 1. The van der Waals surface area contributed by atoms with Crippen LogP contribution >= 0.6 is 0 Å². The summed E-state index contributed by atoms with van der Waals surface area (Å²) < 4.78 is 13.2. The molecule has 2 aromatic carbocycles. The molecule has 0 aliphatic carbocycles. The molecule has 0 atom stereocenters. The number of aromatic nitrogens is 1. The molecule has 0 unspecified atom stereocenters. The summed E-state index contributed by atoms with van der Waals surface area (Å²) in [7, 11) is 0. The van der Waals surface area contributed by atoms with E-state index in [-0.39, 0.29) is 5.56 Å². The number of Topliss-reactive ketones (excluding diaryl/α,β-unsaturated/α-hetero) is 1. The van der Waals surface area contributed by atoms with Crippen molar-refractivity contribution in [3.8, 4) is 0 Å². The minimum Gasteiger partial charge on any atom is -0.360 e. The second-order valence-corrected chi connectivity index (χ2v) is 5.49. The molecule has 116 valence electrons. The largest absolute Gasteiger partial charge is 0.360 e. The molecule has 4 nitrogen and oxygen atoms in total. The number of carbonyl (C=O) groups is 2. The van der Waals surface area contributed by atoms with Gasteiger partial charge in [-0.3, -0.25) is 9.59 Å². The zero-order chi connectivity index (χ0) is 16.6. The van der Waals surface area contributed by atoms with Gasteiger partial charge in [0.25, 0.3) is 11.7 Å². The van der Waals surface area contributed by atoms with Crippen LogP contribution in [-0.4, -0.2) is 16.7 Å². The number of nitrogens with one attached hydrogen (secondary N) is 2. The van der Waals surface area contributed by atoms with Crippen LogP contribution < -0.4 is 5.32 Å². The van der Waals surface area contributed by atoms with Crippen LogP contribution in [0.4, 0.5) is 10.1 Å². The van der Waals surface area contributed by atoms with Gasteiger partial charge in [-0.15, -0.1) is 0 Å². The number of benzene rings is 2. The molecule has 0 saturated carbocycles. The standard InChI is InChI=1S/C18H15FN2O2/c1-10-3-4-11(2)15(7-10)21-18(23)17(22)14-9-20-16-8-12(19)5-6-13(14)16/h3-9,20H,1-2H3,(H,21,23). The Balaban J connectivity index is 1.89. The van der Waals surface area contributed by atoms with Crippen LogP contribution in [0.5, 0.6) is 0 Å².